The van der Waals surface area contributed by atoms with Crippen LogP contribution in [0.15, 0.2) is 65.7 Å². The summed E-state index contributed by atoms with van der Waals surface area (Å²) >= 11 is 0. The number of rotatable bonds is 2. The molecule has 3 radical (unpaired) electrons. The Labute approximate surface area is 200 Å². The summed E-state index contributed by atoms with van der Waals surface area (Å²) < 4.78 is 0. The Morgan fingerprint density at radius 2 is 1.29 bits per heavy atom. The summed E-state index contributed by atoms with van der Waals surface area (Å²) in [4.78, 5) is 23.6. The van der Waals surface area contributed by atoms with Gasteiger partial charge in [0.25, 0.3) is 0 Å². The minimum Gasteiger partial charge on any atom is -0.425 e. The van der Waals surface area contributed by atoms with Gasteiger partial charge in [-0.25, -0.2) is 0 Å². The van der Waals surface area contributed by atoms with Crippen LogP contribution < -0.4 is 0 Å². The molecule has 1 amide bonds. The zero-order chi connectivity index (χ0) is 13.2. The van der Waals surface area contributed by atoms with Crippen LogP contribution in [0.2, 0.25) is 0 Å². The molecule has 0 aliphatic heterocycles. The quantitative estimate of drug-likeness (QED) is 0.467. The normalized spacial score (nSPS) is 7.43. The van der Waals surface area contributed by atoms with Crippen LogP contribution in [-0.2, 0) is 103 Å². The van der Waals surface area contributed by atoms with Gasteiger partial charge in [-0.05, 0) is 5.56 Å². The number of aliphatic imine (C=N–C) groups is 1. The maximum atomic E-state index is 10.7. The molecule has 6 heteroatoms. The van der Waals surface area contributed by atoms with Crippen molar-refractivity contribution in [2.45, 2.75) is 0 Å². The van der Waals surface area contributed by atoms with Gasteiger partial charge in [-0.2, -0.15) is 24.4 Å². The van der Waals surface area contributed by atoms with E-state index in [1.165, 1.54) is 0 Å². The van der Waals surface area contributed by atoms with Gasteiger partial charge in [0.1, 0.15) is 5.91 Å². The van der Waals surface area contributed by atoms with Gasteiger partial charge in [-0.15, -0.1) is 12.1 Å². The summed E-state index contributed by atoms with van der Waals surface area (Å²) in [7, 11) is 0. The van der Waals surface area contributed by atoms with E-state index in [2.05, 4.69) is 4.99 Å². The number of amides is 1. The predicted octanol–water partition coefficient (Wildman–Crippen LogP) is 2.54. The zero-order valence-electron chi connectivity index (χ0n) is 11.3. The van der Waals surface area contributed by atoms with Crippen molar-refractivity contribution in [1.29, 1.82) is 0 Å². The Bertz CT molecular complexity index is 519. The molecule has 0 aromatic heterocycles. The van der Waals surface area contributed by atoms with Crippen molar-refractivity contribution < 1.29 is 108 Å². The predicted molar refractivity (Wildman–Crippen MR) is 70.5 cm³/mol. The smallest absolute Gasteiger partial charge is 0.116 e. The standard InChI is InChI=1S/C8H6NO.C7H5O.3Y/c1-9-8(10)7-5-3-2-4-6-7;8-6-7-4-2-1-3-5-7;;;/h1-6H;1-5H;;;/q2*-1;;;. The van der Waals surface area contributed by atoms with Crippen molar-refractivity contribution in [3.8, 4) is 0 Å². The van der Waals surface area contributed by atoms with E-state index < -0.39 is 0 Å². The van der Waals surface area contributed by atoms with Gasteiger partial charge in [0.2, 0.25) is 0 Å². The topological polar surface area (TPSA) is 46.5 Å². The van der Waals surface area contributed by atoms with Crippen molar-refractivity contribution in [2.75, 3.05) is 0 Å². The SMILES string of the molecule is O=[C-]c1ccccc1.[CH-]=NC(=O)c1ccccc1.[Y].[Y].[Y]. The molecule has 2 rings (SSSR count). The molecule has 2 aromatic rings. The minimum absolute atomic E-state index is 0. The Morgan fingerprint density at radius 3 is 1.62 bits per heavy atom. The second kappa shape index (κ2) is 17.1. The molecule has 0 spiro atoms. The fraction of sp³-hybridized carbons (Fsp3) is 0. The first-order valence-corrected chi connectivity index (χ1v) is 5.21. The van der Waals surface area contributed by atoms with Crippen molar-refractivity contribution in [2.24, 2.45) is 4.99 Å². The second-order valence-electron chi connectivity index (χ2n) is 3.27. The van der Waals surface area contributed by atoms with E-state index in [1.807, 2.05) is 12.1 Å². The Morgan fingerprint density at radius 1 is 0.857 bits per heavy atom. The number of benzene rings is 2. The van der Waals surface area contributed by atoms with E-state index in [0.29, 0.717) is 11.1 Å². The molecule has 0 atom stereocenters. The molecule has 0 unspecified atom stereocenters. The van der Waals surface area contributed by atoms with Gasteiger partial charge in [0.05, 0.1) is 6.29 Å². The van der Waals surface area contributed by atoms with Crippen LogP contribution in [-0.4, -0.2) is 18.9 Å². The van der Waals surface area contributed by atoms with Gasteiger partial charge in [0.15, 0.2) is 0 Å². The van der Waals surface area contributed by atoms with Crippen molar-refractivity contribution in [3.05, 3.63) is 71.8 Å². The molecule has 21 heavy (non-hydrogen) atoms. The fourth-order valence-electron chi connectivity index (χ4n) is 1.16. The first kappa shape index (κ1) is 26.6. The average molecular weight is 504 g/mol. The van der Waals surface area contributed by atoms with Gasteiger partial charge in [-0.1, -0.05) is 36.4 Å². The maximum absolute atomic E-state index is 10.7. The summed E-state index contributed by atoms with van der Waals surface area (Å²) in [6, 6.07) is 17.6. The van der Waals surface area contributed by atoms with Crippen molar-refractivity contribution >= 4 is 18.9 Å². The maximum Gasteiger partial charge on any atom is 0.116 e. The first-order valence-electron chi connectivity index (χ1n) is 5.21. The average Bonchev–Trinajstić information content (AvgIpc) is 2.49. The van der Waals surface area contributed by atoms with Crippen LogP contribution in [0.4, 0.5) is 0 Å². The summed E-state index contributed by atoms with van der Waals surface area (Å²) in [6.07, 6.45) is 1.78. The molecule has 3 nitrogen and oxygen atoms in total. The third kappa shape index (κ3) is 11.9. The third-order valence-corrected chi connectivity index (χ3v) is 2.03. The molecule has 2 aromatic carbocycles. The fourth-order valence-corrected chi connectivity index (χ4v) is 1.16. The number of hydrogen-bond donors (Lipinski definition) is 0. The largest absolute Gasteiger partial charge is 0.425 e. The van der Waals surface area contributed by atoms with Gasteiger partial charge >= 0.3 is 0 Å². The second-order valence-corrected chi connectivity index (χ2v) is 3.27. The van der Waals surface area contributed by atoms with E-state index in [4.69, 9.17) is 6.72 Å². The monoisotopic (exact) mass is 504 g/mol. The van der Waals surface area contributed by atoms with E-state index in [1.54, 1.807) is 54.8 Å². The summed E-state index contributed by atoms with van der Waals surface area (Å²) in [5.74, 6) is -0.388. The summed E-state index contributed by atoms with van der Waals surface area (Å²) in [6.45, 7) is 4.78. The molecule has 0 N–H and O–H groups in total. The van der Waals surface area contributed by atoms with Crippen molar-refractivity contribution in [1.82, 2.24) is 0 Å². The summed E-state index contributed by atoms with van der Waals surface area (Å²) in [5.41, 5.74) is 1.12. The van der Waals surface area contributed by atoms with Gasteiger partial charge in [-0.3, -0.25) is 0 Å². The molecular formula is C15H11NO2Y3-2. The summed E-state index contributed by atoms with van der Waals surface area (Å²) in [5, 5.41) is 0. The van der Waals surface area contributed by atoms with Crippen LogP contribution in [0.5, 0.6) is 0 Å². The number of carbonyl (C=O) groups is 1. The molecule has 0 saturated carbocycles. The number of carbonyl (C=O) groups excluding carboxylic acids is 2. The molecule has 0 bridgehead atoms. The van der Waals surface area contributed by atoms with Crippen LogP contribution in [0.3, 0.4) is 0 Å². The Hall–Kier alpha value is 0.762. The molecule has 0 aliphatic rings. The first-order chi connectivity index (χ1) is 8.77. The van der Waals surface area contributed by atoms with Crippen LogP contribution in [0.25, 0.3) is 0 Å². The Kier molecular flexibility index (Phi) is 21.7. The molecule has 0 fully saturated rings. The third-order valence-electron chi connectivity index (χ3n) is 2.03. The van der Waals surface area contributed by atoms with E-state index in [-0.39, 0.29) is 104 Å². The molecule has 99 valence electrons. The van der Waals surface area contributed by atoms with E-state index in [0.717, 1.165) is 0 Å². The van der Waals surface area contributed by atoms with Crippen LogP contribution in [0, 0.1) is 0 Å². The number of hydrogen-bond acceptors (Lipinski definition) is 2. The number of nitrogens with zero attached hydrogens (tertiary/aromatic N) is 1. The van der Waals surface area contributed by atoms with Crippen molar-refractivity contribution in [3.63, 3.8) is 0 Å². The van der Waals surface area contributed by atoms with Crippen LogP contribution in [0.1, 0.15) is 15.9 Å². The molecule has 0 saturated heterocycles. The van der Waals surface area contributed by atoms with Gasteiger partial charge < -0.3 is 14.6 Å². The zero-order valence-corrected chi connectivity index (χ0v) is 19.9. The van der Waals surface area contributed by atoms with Gasteiger partial charge in [0, 0.05) is 98.1 Å². The molecular weight excluding hydrogens is 493 g/mol. The molecule has 0 heterocycles. The Balaban J connectivity index is -0.000000274. The van der Waals surface area contributed by atoms with Crippen LogP contribution >= 0.6 is 0 Å². The van der Waals surface area contributed by atoms with E-state index in [9.17, 15) is 9.59 Å². The van der Waals surface area contributed by atoms with E-state index >= 15 is 0 Å². The minimum atomic E-state index is -0.388. The molecule has 0 aliphatic carbocycles.